The van der Waals surface area contributed by atoms with E-state index < -0.39 is 18.0 Å². The van der Waals surface area contributed by atoms with Gasteiger partial charge in [-0.1, -0.05) is 18.2 Å². The highest BCUT2D eigenvalue weighted by molar-refractivity contribution is 5.93. The van der Waals surface area contributed by atoms with Crippen LogP contribution in [0.1, 0.15) is 29.1 Å². The summed E-state index contributed by atoms with van der Waals surface area (Å²) in [6.45, 7) is 1.59. The van der Waals surface area contributed by atoms with Crippen LogP contribution in [0, 0.1) is 12.8 Å². The second kappa shape index (κ2) is 6.30. The van der Waals surface area contributed by atoms with Crippen LogP contribution in [-0.4, -0.2) is 35.1 Å². The molecule has 0 spiro atoms. The number of carbonyl (C=O) groups excluding carboxylic acids is 1. The number of halogens is 3. The predicted molar refractivity (Wildman–Crippen MR) is 81.4 cm³/mol. The quantitative estimate of drug-likeness (QED) is 0.829. The molecular weight excluding hydrogens is 321 g/mol. The minimum Gasteiger partial charge on any atom is -0.431 e. The molecule has 1 aliphatic rings. The molecule has 7 heteroatoms. The number of amides is 1. The molecule has 1 saturated heterocycles. The van der Waals surface area contributed by atoms with Gasteiger partial charge < -0.3 is 9.32 Å². The number of carbonyl (C=O) groups is 1. The van der Waals surface area contributed by atoms with E-state index in [0.29, 0.717) is 30.1 Å². The first kappa shape index (κ1) is 16.5. The van der Waals surface area contributed by atoms with Crippen molar-refractivity contribution in [1.29, 1.82) is 0 Å². The lowest BCUT2D eigenvalue weighted by Gasteiger charge is -2.33. The number of aryl methyl sites for hydroxylation is 1. The van der Waals surface area contributed by atoms with E-state index in [1.807, 2.05) is 18.2 Å². The van der Waals surface area contributed by atoms with Gasteiger partial charge in [0.05, 0.1) is 11.6 Å². The van der Waals surface area contributed by atoms with Crippen LogP contribution in [-0.2, 0) is 0 Å². The molecule has 0 bridgehead atoms. The van der Waals surface area contributed by atoms with Gasteiger partial charge in [-0.25, -0.2) is 4.98 Å². The average molecular weight is 338 g/mol. The third-order valence-corrected chi connectivity index (χ3v) is 4.18. The molecule has 0 N–H and O–H groups in total. The van der Waals surface area contributed by atoms with E-state index in [0.717, 1.165) is 0 Å². The Hall–Kier alpha value is -2.31. The molecular formula is C17H17F3N2O2. The Kier molecular flexibility index (Phi) is 4.34. The number of piperidine rings is 1. The van der Waals surface area contributed by atoms with Gasteiger partial charge in [0.2, 0.25) is 11.7 Å². The van der Waals surface area contributed by atoms with Crippen molar-refractivity contribution < 1.29 is 22.4 Å². The van der Waals surface area contributed by atoms with Crippen LogP contribution in [0.4, 0.5) is 13.2 Å². The van der Waals surface area contributed by atoms with E-state index in [1.165, 1.54) is 4.90 Å². The van der Waals surface area contributed by atoms with Gasteiger partial charge in [-0.2, -0.15) is 13.2 Å². The lowest BCUT2D eigenvalue weighted by Crippen LogP contribution is -2.44. The largest absolute Gasteiger partial charge is 0.431 e. The zero-order valence-electron chi connectivity index (χ0n) is 13.1. The molecule has 128 valence electrons. The molecule has 3 rings (SSSR count). The summed E-state index contributed by atoms with van der Waals surface area (Å²) in [5, 5.41) is 0. The number of aromatic nitrogens is 1. The van der Waals surface area contributed by atoms with E-state index in [9.17, 15) is 18.0 Å². The molecule has 0 saturated carbocycles. The van der Waals surface area contributed by atoms with Gasteiger partial charge in [0.25, 0.3) is 5.91 Å². The van der Waals surface area contributed by atoms with Gasteiger partial charge in [0.1, 0.15) is 0 Å². The molecule has 0 aliphatic carbocycles. The number of benzene rings is 1. The highest BCUT2D eigenvalue weighted by atomic mass is 19.4. The van der Waals surface area contributed by atoms with Crippen molar-refractivity contribution in [2.75, 3.05) is 13.1 Å². The smallest absolute Gasteiger partial charge is 0.393 e. The topological polar surface area (TPSA) is 46.3 Å². The fourth-order valence-electron chi connectivity index (χ4n) is 2.87. The lowest BCUT2D eigenvalue weighted by molar-refractivity contribution is -0.184. The van der Waals surface area contributed by atoms with Crippen LogP contribution >= 0.6 is 0 Å². The molecule has 2 aromatic rings. The number of rotatable bonds is 2. The van der Waals surface area contributed by atoms with Crippen molar-refractivity contribution in [2.45, 2.75) is 25.9 Å². The zero-order valence-corrected chi connectivity index (χ0v) is 13.1. The SMILES string of the molecule is Cc1nc(-c2ccccc2)oc1C(=O)N1CCCC(C(F)(F)F)C1. The number of hydrogen-bond acceptors (Lipinski definition) is 3. The van der Waals surface area contributed by atoms with Gasteiger partial charge in [-0.3, -0.25) is 4.79 Å². The number of oxazole rings is 1. The first-order valence-electron chi connectivity index (χ1n) is 7.75. The molecule has 1 atom stereocenters. The molecule has 1 aromatic heterocycles. The summed E-state index contributed by atoms with van der Waals surface area (Å²) >= 11 is 0. The molecule has 4 nitrogen and oxygen atoms in total. The highest BCUT2D eigenvalue weighted by Gasteiger charge is 2.43. The van der Waals surface area contributed by atoms with Crippen molar-refractivity contribution in [3.8, 4) is 11.5 Å². The van der Waals surface area contributed by atoms with E-state index in [2.05, 4.69) is 4.98 Å². The third-order valence-electron chi connectivity index (χ3n) is 4.18. The van der Waals surface area contributed by atoms with E-state index in [4.69, 9.17) is 4.42 Å². The number of nitrogens with zero attached hydrogens (tertiary/aromatic N) is 2. The van der Waals surface area contributed by atoms with Crippen molar-refractivity contribution >= 4 is 5.91 Å². The third kappa shape index (κ3) is 3.29. The maximum atomic E-state index is 12.9. The summed E-state index contributed by atoms with van der Waals surface area (Å²) in [5.74, 6) is -1.71. The Morgan fingerprint density at radius 1 is 1.29 bits per heavy atom. The average Bonchev–Trinajstić information content (AvgIpc) is 2.96. The molecule has 1 aliphatic heterocycles. The van der Waals surface area contributed by atoms with Gasteiger partial charge in [-0.15, -0.1) is 0 Å². The highest BCUT2D eigenvalue weighted by Crippen LogP contribution is 2.34. The number of likely N-dealkylation sites (tertiary alicyclic amines) is 1. The van der Waals surface area contributed by atoms with Gasteiger partial charge in [-0.05, 0) is 31.9 Å². The van der Waals surface area contributed by atoms with Crippen LogP contribution in [0.15, 0.2) is 34.7 Å². The summed E-state index contributed by atoms with van der Waals surface area (Å²) in [5.41, 5.74) is 1.10. The van der Waals surface area contributed by atoms with Crippen LogP contribution in [0.2, 0.25) is 0 Å². The zero-order chi connectivity index (χ0) is 17.3. The Morgan fingerprint density at radius 2 is 2.00 bits per heavy atom. The Balaban J connectivity index is 1.82. The minimum atomic E-state index is -4.29. The van der Waals surface area contributed by atoms with Gasteiger partial charge >= 0.3 is 6.18 Å². The summed E-state index contributed by atoms with van der Waals surface area (Å²) in [6.07, 6.45) is -3.91. The second-order valence-corrected chi connectivity index (χ2v) is 5.93. The van der Waals surface area contributed by atoms with Crippen molar-refractivity contribution in [3.05, 3.63) is 41.8 Å². The second-order valence-electron chi connectivity index (χ2n) is 5.93. The first-order valence-corrected chi connectivity index (χ1v) is 7.75. The monoisotopic (exact) mass is 338 g/mol. The predicted octanol–water partition coefficient (Wildman–Crippen LogP) is 4.06. The Morgan fingerprint density at radius 3 is 2.67 bits per heavy atom. The summed E-state index contributed by atoms with van der Waals surface area (Å²) in [6, 6.07) is 9.06. The van der Waals surface area contributed by atoms with E-state index in [-0.39, 0.29) is 18.7 Å². The standard InChI is InChI=1S/C17H17F3N2O2/c1-11-14(24-15(21-11)12-6-3-2-4-7-12)16(23)22-9-5-8-13(10-22)17(18,19)20/h2-4,6-7,13H,5,8-10H2,1H3. The fraction of sp³-hybridized carbons (Fsp3) is 0.412. The molecule has 1 unspecified atom stereocenters. The van der Waals surface area contributed by atoms with Gasteiger partial charge in [0, 0.05) is 18.7 Å². The van der Waals surface area contributed by atoms with Crippen LogP contribution in [0.5, 0.6) is 0 Å². The van der Waals surface area contributed by atoms with E-state index >= 15 is 0 Å². The minimum absolute atomic E-state index is 0.0108. The molecule has 24 heavy (non-hydrogen) atoms. The molecule has 2 heterocycles. The van der Waals surface area contributed by atoms with Crippen molar-refractivity contribution in [1.82, 2.24) is 9.88 Å². The Bertz CT molecular complexity index is 725. The maximum absolute atomic E-state index is 12.9. The van der Waals surface area contributed by atoms with Crippen LogP contribution in [0.3, 0.4) is 0 Å². The number of alkyl halides is 3. The molecule has 0 radical (unpaired) electrons. The Labute approximate surface area is 137 Å². The molecule has 1 aromatic carbocycles. The van der Waals surface area contributed by atoms with Crippen LogP contribution in [0.25, 0.3) is 11.5 Å². The van der Waals surface area contributed by atoms with Crippen molar-refractivity contribution in [3.63, 3.8) is 0 Å². The molecule has 1 fully saturated rings. The summed E-state index contributed by atoms with van der Waals surface area (Å²) in [7, 11) is 0. The lowest BCUT2D eigenvalue weighted by atomic mass is 9.97. The fourth-order valence-corrected chi connectivity index (χ4v) is 2.87. The van der Waals surface area contributed by atoms with Crippen LogP contribution < -0.4 is 0 Å². The van der Waals surface area contributed by atoms with Gasteiger partial charge in [0.15, 0.2) is 0 Å². The first-order chi connectivity index (χ1) is 11.4. The summed E-state index contributed by atoms with van der Waals surface area (Å²) in [4.78, 5) is 18.0. The maximum Gasteiger partial charge on any atom is 0.393 e. The number of hydrogen-bond donors (Lipinski definition) is 0. The normalized spacial score (nSPS) is 18.7. The molecule has 1 amide bonds. The van der Waals surface area contributed by atoms with E-state index in [1.54, 1.807) is 19.1 Å². The van der Waals surface area contributed by atoms with Crippen molar-refractivity contribution in [2.24, 2.45) is 5.92 Å². The summed E-state index contributed by atoms with van der Waals surface area (Å²) < 4.78 is 44.3.